The number of fused-ring (bicyclic) bond motifs is 1. The molecule has 1 aromatic rings. The van der Waals surface area contributed by atoms with Crippen LogP contribution in [0.5, 0.6) is 5.75 Å². The lowest BCUT2D eigenvalue weighted by molar-refractivity contribution is -0.114. The summed E-state index contributed by atoms with van der Waals surface area (Å²) in [6.45, 7) is 5.53. The van der Waals surface area contributed by atoms with Gasteiger partial charge in [0.25, 0.3) is 0 Å². The largest absolute Gasteiger partial charge is 0.507 e. The SMILES string of the molecule is Cc1cc(O)c2c(c1)/C=C/CCCC(=O)/C=C\[C@@H](C)[C@H](C)OC2=O. The van der Waals surface area contributed by atoms with Crippen molar-refractivity contribution < 1.29 is 19.4 Å². The summed E-state index contributed by atoms with van der Waals surface area (Å²) >= 11 is 0. The molecule has 24 heavy (non-hydrogen) atoms. The fraction of sp³-hybridized carbons (Fsp3) is 0.400. The second kappa shape index (κ2) is 7.95. The molecule has 0 aliphatic carbocycles. The summed E-state index contributed by atoms with van der Waals surface area (Å²) in [7, 11) is 0. The van der Waals surface area contributed by atoms with E-state index in [2.05, 4.69) is 0 Å². The van der Waals surface area contributed by atoms with Gasteiger partial charge in [-0.25, -0.2) is 4.79 Å². The molecule has 0 spiro atoms. The first kappa shape index (κ1) is 18.0. The monoisotopic (exact) mass is 328 g/mol. The van der Waals surface area contributed by atoms with E-state index >= 15 is 0 Å². The van der Waals surface area contributed by atoms with Crippen LogP contribution in [0.2, 0.25) is 0 Å². The van der Waals surface area contributed by atoms with Crippen molar-refractivity contribution in [2.75, 3.05) is 0 Å². The van der Waals surface area contributed by atoms with Gasteiger partial charge in [-0.2, -0.15) is 0 Å². The minimum absolute atomic E-state index is 0.0719. The molecule has 2 atom stereocenters. The maximum absolute atomic E-state index is 12.5. The van der Waals surface area contributed by atoms with Crippen LogP contribution < -0.4 is 0 Å². The first-order valence-electron chi connectivity index (χ1n) is 8.30. The quantitative estimate of drug-likeness (QED) is 0.725. The van der Waals surface area contributed by atoms with Crippen LogP contribution in [0.15, 0.2) is 30.4 Å². The van der Waals surface area contributed by atoms with Crippen LogP contribution in [0, 0.1) is 12.8 Å². The van der Waals surface area contributed by atoms with Crippen molar-refractivity contribution in [2.24, 2.45) is 5.92 Å². The van der Waals surface area contributed by atoms with E-state index in [9.17, 15) is 14.7 Å². The molecule has 1 aliphatic rings. The molecule has 4 nitrogen and oxygen atoms in total. The molecule has 128 valence electrons. The number of esters is 1. The van der Waals surface area contributed by atoms with Crippen molar-refractivity contribution in [1.29, 1.82) is 0 Å². The Labute approximate surface area is 142 Å². The van der Waals surface area contributed by atoms with Gasteiger partial charge in [-0.3, -0.25) is 4.79 Å². The molecular formula is C20H24O4. The highest BCUT2D eigenvalue weighted by Crippen LogP contribution is 2.27. The highest BCUT2D eigenvalue weighted by atomic mass is 16.5. The molecule has 1 aromatic carbocycles. The van der Waals surface area contributed by atoms with E-state index in [-0.39, 0.29) is 23.0 Å². The van der Waals surface area contributed by atoms with E-state index < -0.39 is 12.1 Å². The number of rotatable bonds is 0. The van der Waals surface area contributed by atoms with Gasteiger partial charge in [-0.15, -0.1) is 0 Å². The lowest BCUT2D eigenvalue weighted by Gasteiger charge is -2.19. The molecule has 4 heteroatoms. The standard InChI is InChI=1S/C20H24O4/c1-13-11-16-7-5-4-6-8-17(21)10-9-14(2)15(3)24-20(23)19(16)18(22)12-13/h5,7,9-12,14-15,22H,4,6,8H2,1-3H3/b7-5+,10-9-/t14-,15+/m1/s1. The summed E-state index contributed by atoms with van der Waals surface area (Å²) in [5, 5.41) is 10.2. The van der Waals surface area contributed by atoms with Crippen LogP contribution in [0.25, 0.3) is 6.08 Å². The van der Waals surface area contributed by atoms with Crippen LogP contribution in [0.3, 0.4) is 0 Å². The Morgan fingerprint density at radius 1 is 1.17 bits per heavy atom. The molecule has 1 N–H and O–H groups in total. The molecule has 0 saturated heterocycles. The van der Waals surface area contributed by atoms with Gasteiger partial charge in [0.2, 0.25) is 0 Å². The molecule has 0 unspecified atom stereocenters. The highest BCUT2D eigenvalue weighted by molar-refractivity contribution is 5.97. The number of cyclic esters (lactones) is 1. The number of ether oxygens (including phenoxy) is 1. The minimum atomic E-state index is -0.553. The zero-order valence-corrected chi connectivity index (χ0v) is 14.4. The van der Waals surface area contributed by atoms with E-state index in [0.717, 1.165) is 18.4 Å². The minimum Gasteiger partial charge on any atom is -0.507 e. The maximum atomic E-state index is 12.5. The average Bonchev–Trinajstić information content (AvgIpc) is 2.50. The smallest absolute Gasteiger partial charge is 0.342 e. The van der Waals surface area contributed by atoms with Crippen molar-refractivity contribution in [2.45, 2.75) is 46.1 Å². The van der Waals surface area contributed by atoms with E-state index in [0.29, 0.717) is 12.0 Å². The number of allylic oxidation sites excluding steroid dienone is 2. The van der Waals surface area contributed by atoms with E-state index in [4.69, 9.17) is 4.74 Å². The van der Waals surface area contributed by atoms with E-state index in [1.807, 2.05) is 32.1 Å². The molecule has 0 aromatic heterocycles. The molecule has 0 fully saturated rings. The summed E-state index contributed by atoms with van der Waals surface area (Å²) in [5.74, 6) is -0.632. The van der Waals surface area contributed by atoms with Crippen LogP contribution in [-0.2, 0) is 9.53 Å². The number of hydrogen-bond acceptors (Lipinski definition) is 4. The second-order valence-electron chi connectivity index (χ2n) is 6.34. The van der Waals surface area contributed by atoms with Gasteiger partial charge in [0.1, 0.15) is 17.4 Å². The highest BCUT2D eigenvalue weighted by Gasteiger charge is 2.22. The van der Waals surface area contributed by atoms with Gasteiger partial charge < -0.3 is 9.84 Å². The van der Waals surface area contributed by atoms with Crippen molar-refractivity contribution in [1.82, 2.24) is 0 Å². The molecule has 0 radical (unpaired) electrons. The molecule has 0 bridgehead atoms. The number of carbonyl (C=O) groups excluding carboxylic acids is 2. The first-order chi connectivity index (χ1) is 11.4. The zero-order valence-electron chi connectivity index (χ0n) is 14.4. The van der Waals surface area contributed by atoms with Gasteiger partial charge in [-0.1, -0.05) is 31.2 Å². The predicted octanol–water partition coefficient (Wildman–Crippen LogP) is 4.20. The first-order valence-corrected chi connectivity index (χ1v) is 8.30. The predicted molar refractivity (Wildman–Crippen MR) is 93.9 cm³/mol. The summed E-state index contributed by atoms with van der Waals surface area (Å²) in [6.07, 6.45) is 8.64. The number of hydrogen-bond donors (Lipinski definition) is 1. The van der Waals surface area contributed by atoms with E-state index in [1.54, 1.807) is 25.1 Å². The zero-order chi connectivity index (χ0) is 17.7. The van der Waals surface area contributed by atoms with Crippen LogP contribution in [-0.4, -0.2) is 23.0 Å². The fourth-order valence-corrected chi connectivity index (χ4v) is 2.59. The second-order valence-corrected chi connectivity index (χ2v) is 6.34. The number of aryl methyl sites for hydroxylation is 1. The number of ketones is 1. The number of carbonyl (C=O) groups is 2. The Morgan fingerprint density at radius 3 is 2.67 bits per heavy atom. The number of phenolic OH excluding ortho intramolecular Hbond substituents is 1. The third kappa shape index (κ3) is 4.57. The fourth-order valence-electron chi connectivity index (χ4n) is 2.59. The van der Waals surface area contributed by atoms with Gasteiger partial charge in [0.15, 0.2) is 5.78 Å². The Hall–Kier alpha value is -2.36. The summed E-state index contributed by atoms with van der Waals surface area (Å²) in [4.78, 5) is 24.3. The van der Waals surface area contributed by atoms with Gasteiger partial charge in [0.05, 0.1) is 0 Å². The van der Waals surface area contributed by atoms with Crippen molar-refractivity contribution in [3.8, 4) is 5.75 Å². The number of benzene rings is 1. The van der Waals surface area contributed by atoms with Crippen molar-refractivity contribution >= 4 is 17.8 Å². The van der Waals surface area contributed by atoms with Gasteiger partial charge in [0, 0.05) is 12.3 Å². The van der Waals surface area contributed by atoms with Crippen molar-refractivity contribution in [3.05, 3.63) is 47.1 Å². The molecule has 2 rings (SSSR count). The van der Waals surface area contributed by atoms with Gasteiger partial charge >= 0.3 is 5.97 Å². The van der Waals surface area contributed by atoms with Crippen LogP contribution >= 0.6 is 0 Å². The summed E-state index contributed by atoms with van der Waals surface area (Å²) < 4.78 is 5.49. The molecule has 1 aliphatic heterocycles. The topological polar surface area (TPSA) is 63.6 Å². The molecule has 0 amide bonds. The van der Waals surface area contributed by atoms with Crippen LogP contribution in [0.1, 0.15) is 54.6 Å². The number of aromatic hydroxyl groups is 1. The third-order valence-electron chi connectivity index (χ3n) is 4.21. The normalized spacial score (nSPS) is 25.3. The Kier molecular flexibility index (Phi) is 5.96. The maximum Gasteiger partial charge on any atom is 0.342 e. The Morgan fingerprint density at radius 2 is 1.92 bits per heavy atom. The number of phenols is 1. The third-order valence-corrected chi connectivity index (χ3v) is 4.21. The Balaban J connectivity index is 2.40. The van der Waals surface area contributed by atoms with E-state index in [1.165, 1.54) is 0 Å². The Bertz CT molecular complexity index is 685. The summed E-state index contributed by atoms with van der Waals surface area (Å²) in [6, 6.07) is 3.40. The molecule has 0 saturated carbocycles. The van der Waals surface area contributed by atoms with Crippen LogP contribution in [0.4, 0.5) is 0 Å². The lowest BCUT2D eigenvalue weighted by atomic mass is 10.0. The summed E-state index contributed by atoms with van der Waals surface area (Å²) in [5.41, 5.74) is 1.69. The van der Waals surface area contributed by atoms with Crippen molar-refractivity contribution in [3.63, 3.8) is 0 Å². The lowest BCUT2D eigenvalue weighted by Crippen LogP contribution is -2.22. The average molecular weight is 328 g/mol. The molecular weight excluding hydrogens is 304 g/mol. The molecule has 1 heterocycles. The van der Waals surface area contributed by atoms with Gasteiger partial charge in [-0.05, 0) is 50.0 Å².